The molecule has 1 rings (SSSR count). The van der Waals surface area contributed by atoms with Crippen molar-refractivity contribution < 1.29 is 5.11 Å². The molecule has 0 saturated heterocycles. The van der Waals surface area contributed by atoms with Crippen molar-refractivity contribution in [2.45, 2.75) is 26.7 Å². The third kappa shape index (κ3) is 3.32. The molecule has 2 N–H and O–H groups in total. The van der Waals surface area contributed by atoms with Gasteiger partial charge in [0, 0.05) is 18.0 Å². The van der Waals surface area contributed by atoms with E-state index in [9.17, 15) is 0 Å². The summed E-state index contributed by atoms with van der Waals surface area (Å²) >= 11 is 1.69. The zero-order valence-corrected chi connectivity index (χ0v) is 8.95. The molecule has 1 aromatic rings. The zero-order chi connectivity index (χ0) is 9.68. The first-order valence-corrected chi connectivity index (χ1v) is 5.34. The molecule has 0 aliphatic carbocycles. The Kier molecular flexibility index (Phi) is 4.18. The molecule has 0 aliphatic rings. The monoisotopic (exact) mass is 200 g/mol. The molecule has 1 aromatic heterocycles. The highest BCUT2D eigenvalue weighted by molar-refractivity contribution is 7.15. The maximum Gasteiger partial charge on any atom is 0.183 e. The third-order valence-electron chi connectivity index (χ3n) is 1.89. The predicted molar refractivity (Wildman–Crippen MR) is 56.4 cm³/mol. The number of nitrogens with zero attached hydrogens (tertiary/aromatic N) is 1. The fraction of sp³-hybridized carbons (Fsp3) is 0.667. The van der Waals surface area contributed by atoms with E-state index in [4.69, 9.17) is 5.11 Å². The Bertz CT molecular complexity index is 241. The van der Waals surface area contributed by atoms with Gasteiger partial charge >= 0.3 is 0 Å². The summed E-state index contributed by atoms with van der Waals surface area (Å²) in [6.45, 7) is 5.27. The molecule has 0 amide bonds. The number of aryl methyl sites for hydroxylation is 2. The Morgan fingerprint density at radius 1 is 1.38 bits per heavy atom. The van der Waals surface area contributed by atoms with E-state index in [1.165, 1.54) is 4.88 Å². The lowest BCUT2D eigenvalue weighted by molar-refractivity contribution is 0.286. The highest BCUT2D eigenvalue weighted by Crippen LogP contribution is 2.20. The predicted octanol–water partition coefficient (Wildman–Crippen LogP) is 1.94. The van der Waals surface area contributed by atoms with Crippen molar-refractivity contribution in [3.05, 3.63) is 10.6 Å². The van der Waals surface area contributed by atoms with Crippen LogP contribution in [0.3, 0.4) is 0 Å². The maximum atomic E-state index is 8.57. The van der Waals surface area contributed by atoms with Crippen LogP contribution in [0, 0.1) is 13.8 Å². The number of hydrogen-bond acceptors (Lipinski definition) is 4. The molecule has 0 aromatic carbocycles. The highest BCUT2D eigenvalue weighted by Gasteiger charge is 2.01. The average molecular weight is 200 g/mol. The Hall–Kier alpha value is -0.610. The second-order valence-corrected chi connectivity index (χ2v) is 4.22. The minimum atomic E-state index is 0.275. The number of aromatic nitrogens is 1. The van der Waals surface area contributed by atoms with E-state index >= 15 is 0 Å². The molecule has 0 spiro atoms. The Morgan fingerprint density at radius 3 is 2.69 bits per heavy atom. The van der Waals surface area contributed by atoms with Gasteiger partial charge in [-0.1, -0.05) is 0 Å². The molecule has 0 bridgehead atoms. The van der Waals surface area contributed by atoms with Gasteiger partial charge in [0.1, 0.15) is 0 Å². The summed E-state index contributed by atoms with van der Waals surface area (Å²) in [7, 11) is 0. The van der Waals surface area contributed by atoms with Gasteiger partial charge in [0.15, 0.2) is 5.13 Å². The van der Waals surface area contributed by atoms with Crippen LogP contribution in [-0.2, 0) is 0 Å². The fourth-order valence-corrected chi connectivity index (χ4v) is 1.82. The minimum Gasteiger partial charge on any atom is -0.396 e. The normalized spacial score (nSPS) is 10.4. The highest BCUT2D eigenvalue weighted by atomic mass is 32.1. The van der Waals surface area contributed by atoms with Crippen LogP contribution in [0.4, 0.5) is 5.13 Å². The molecule has 0 saturated carbocycles. The van der Waals surface area contributed by atoms with E-state index in [0.717, 1.165) is 30.2 Å². The summed E-state index contributed by atoms with van der Waals surface area (Å²) in [6.07, 6.45) is 1.85. The Morgan fingerprint density at radius 2 is 2.15 bits per heavy atom. The van der Waals surface area contributed by atoms with Crippen LogP contribution in [0.15, 0.2) is 0 Å². The molecule has 3 nitrogen and oxygen atoms in total. The largest absolute Gasteiger partial charge is 0.396 e. The van der Waals surface area contributed by atoms with E-state index in [-0.39, 0.29) is 6.61 Å². The summed E-state index contributed by atoms with van der Waals surface area (Å²) in [4.78, 5) is 5.62. The standard InChI is InChI=1S/C9H16N2OS/c1-7-8(2)13-9(11-7)10-5-3-4-6-12/h12H,3-6H2,1-2H3,(H,10,11). The summed E-state index contributed by atoms with van der Waals surface area (Å²) in [5.41, 5.74) is 1.11. The van der Waals surface area contributed by atoms with E-state index in [0.29, 0.717) is 0 Å². The molecular weight excluding hydrogens is 184 g/mol. The van der Waals surface area contributed by atoms with Crippen molar-refractivity contribution in [2.75, 3.05) is 18.5 Å². The van der Waals surface area contributed by atoms with Crippen LogP contribution in [0.2, 0.25) is 0 Å². The van der Waals surface area contributed by atoms with E-state index < -0.39 is 0 Å². The molecule has 0 aliphatic heterocycles. The molecule has 0 radical (unpaired) electrons. The van der Waals surface area contributed by atoms with Crippen LogP contribution in [0.5, 0.6) is 0 Å². The number of thiazole rings is 1. The zero-order valence-electron chi connectivity index (χ0n) is 8.13. The van der Waals surface area contributed by atoms with Gasteiger partial charge in [0.25, 0.3) is 0 Å². The van der Waals surface area contributed by atoms with Gasteiger partial charge in [0.2, 0.25) is 0 Å². The van der Waals surface area contributed by atoms with E-state index in [2.05, 4.69) is 17.2 Å². The number of hydrogen-bond donors (Lipinski definition) is 2. The smallest absolute Gasteiger partial charge is 0.183 e. The quantitative estimate of drug-likeness (QED) is 0.714. The van der Waals surface area contributed by atoms with Crippen LogP contribution >= 0.6 is 11.3 Å². The molecule has 74 valence electrons. The first-order valence-electron chi connectivity index (χ1n) is 4.53. The lowest BCUT2D eigenvalue weighted by Gasteiger charge is -1.99. The van der Waals surface area contributed by atoms with Gasteiger partial charge in [-0.2, -0.15) is 0 Å². The van der Waals surface area contributed by atoms with Gasteiger partial charge < -0.3 is 10.4 Å². The Balaban J connectivity index is 2.29. The number of aliphatic hydroxyl groups excluding tert-OH is 1. The van der Waals surface area contributed by atoms with Crippen molar-refractivity contribution in [3.63, 3.8) is 0 Å². The van der Waals surface area contributed by atoms with Crippen LogP contribution in [-0.4, -0.2) is 23.2 Å². The van der Waals surface area contributed by atoms with Gasteiger partial charge in [-0.3, -0.25) is 0 Å². The third-order valence-corrected chi connectivity index (χ3v) is 2.92. The van der Waals surface area contributed by atoms with Crippen LogP contribution < -0.4 is 5.32 Å². The molecule has 0 fully saturated rings. The van der Waals surface area contributed by atoms with Crippen LogP contribution in [0.25, 0.3) is 0 Å². The first-order chi connectivity index (χ1) is 6.24. The lowest BCUT2D eigenvalue weighted by atomic mass is 10.3. The summed E-state index contributed by atoms with van der Waals surface area (Å²) in [5, 5.41) is 12.8. The van der Waals surface area contributed by atoms with Crippen molar-refractivity contribution in [1.82, 2.24) is 4.98 Å². The van der Waals surface area contributed by atoms with Gasteiger partial charge in [-0.05, 0) is 26.7 Å². The van der Waals surface area contributed by atoms with Crippen molar-refractivity contribution in [1.29, 1.82) is 0 Å². The second kappa shape index (κ2) is 5.19. The number of aliphatic hydroxyl groups is 1. The summed E-state index contributed by atoms with van der Waals surface area (Å²) in [6, 6.07) is 0. The summed E-state index contributed by atoms with van der Waals surface area (Å²) < 4.78 is 0. The van der Waals surface area contributed by atoms with Crippen molar-refractivity contribution in [2.24, 2.45) is 0 Å². The Labute approximate surface area is 82.8 Å². The topological polar surface area (TPSA) is 45.2 Å². The van der Waals surface area contributed by atoms with Gasteiger partial charge in [0.05, 0.1) is 5.69 Å². The first kappa shape index (κ1) is 10.5. The summed E-state index contributed by atoms with van der Waals surface area (Å²) in [5.74, 6) is 0. The number of anilines is 1. The number of rotatable bonds is 5. The molecule has 4 heteroatoms. The lowest BCUT2D eigenvalue weighted by Crippen LogP contribution is -2.01. The molecule has 0 unspecified atom stereocenters. The van der Waals surface area contributed by atoms with E-state index in [1.54, 1.807) is 11.3 Å². The number of unbranched alkanes of at least 4 members (excludes halogenated alkanes) is 1. The number of nitrogens with one attached hydrogen (secondary N) is 1. The molecule has 1 heterocycles. The van der Waals surface area contributed by atoms with Crippen LogP contribution in [0.1, 0.15) is 23.4 Å². The molecule has 13 heavy (non-hydrogen) atoms. The maximum absolute atomic E-state index is 8.57. The minimum absolute atomic E-state index is 0.275. The molecular formula is C9H16N2OS. The second-order valence-electron chi connectivity index (χ2n) is 3.02. The average Bonchev–Trinajstić information content (AvgIpc) is 2.41. The fourth-order valence-electron chi connectivity index (χ4n) is 0.980. The molecule has 0 atom stereocenters. The van der Waals surface area contributed by atoms with E-state index in [1.807, 2.05) is 6.92 Å². The van der Waals surface area contributed by atoms with Gasteiger partial charge in [-0.15, -0.1) is 11.3 Å². The van der Waals surface area contributed by atoms with Gasteiger partial charge in [-0.25, -0.2) is 4.98 Å². The van der Waals surface area contributed by atoms with Crippen molar-refractivity contribution in [3.8, 4) is 0 Å². The van der Waals surface area contributed by atoms with Crippen molar-refractivity contribution >= 4 is 16.5 Å². The SMILES string of the molecule is Cc1nc(NCCCCO)sc1C.